The molecule has 0 bridgehead atoms. The average molecular weight is 424 g/mol. The summed E-state index contributed by atoms with van der Waals surface area (Å²) >= 11 is 1.63. The number of halogens is 1. The lowest BCUT2D eigenvalue weighted by molar-refractivity contribution is -0.402. The molecule has 150 valence electrons. The quantitative estimate of drug-likeness (QED) is 0.221. The van der Waals surface area contributed by atoms with E-state index in [4.69, 9.17) is 4.42 Å². The largest absolute Gasteiger partial charge is 0.433 e. The lowest BCUT2D eigenvalue weighted by Gasteiger charge is -2.16. The summed E-state index contributed by atoms with van der Waals surface area (Å²) in [6.45, 7) is 7.30. The summed E-state index contributed by atoms with van der Waals surface area (Å²) in [5, 5.41) is 16.0. The molecule has 0 fully saturated rings. The first-order chi connectivity index (χ1) is 13.1. The van der Waals surface area contributed by atoms with Crippen LogP contribution in [0.5, 0.6) is 0 Å². The van der Waals surface area contributed by atoms with Gasteiger partial charge in [-0.15, -0.1) is 12.4 Å². The zero-order chi connectivity index (χ0) is 19.2. The molecule has 0 unspecified atom stereocenters. The van der Waals surface area contributed by atoms with Crippen molar-refractivity contribution in [2.24, 2.45) is 5.10 Å². The van der Waals surface area contributed by atoms with Gasteiger partial charge < -0.3 is 9.32 Å². The second kappa shape index (κ2) is 10.3. The lowest BCUT2D eigenvalue weighted by Crippen LogP contribution is -2.25. The predicted octanol–water partition coefficient (Wildman–Crippen LogP) is 4.28. The minimum atomic E-state index is -0.571. The molecule has 2 heterocycles. The van der Waals surface area contributed by atoms with Gasteiger partial charge in [-0.2, -0.15) is 5.10 Å². The van der Waals surface area contributed by atoms with Crippen molar-refractivity contribution in [1.82, 2.24) is 14.6 Å². The minimum Gasteiger partial charge on any atom is -0.400 e. The number of nitro groups is 1. The summed E-state index contributed by atoms with van der Waals surface area (Å²) in [6.07, 6.45) is 1.47. The summed E-state index contributed by atoms with van der Waals surface area (Å²) in [5.74, 6) is 0.909. The van der Waals surface area contributed by atoms with Gasteiger partial charge in [0.15, 0.2) is 10.9 Å². The number of imidazole rings is 1. The highest BCUT2D eigenvalue weighted by atomic mass is 35.5. The van der Waals surface area contributed by atoms with E-state index in [-0.39, 0.29) is 18.3 Å². The van der Waals surface area contributed by atoms with Gasteiger partial charge in [0.05, 0.1) is 23.3 Å². The molecule has 0 atom stereocenters. The fourth-order valence-corrected chi connectivity index (χ4v) is 3.59. The first-order valence-electron chi connectivity index (χ1n) is 8.73. The number of aromatic nitrogens is 2. The van der Waals surface area contributed by atoms with Gasteiger partial charge in [0.25, 0.3) is 0 Å². The number of nitrogens with zero attached hydrogens (tertiary/aromatic N) is 5. The topological polar surface area (TPSA) is 89.7 Å². The smallest absolute Gasteiger partial charge is 0.400 e. The lowest BCUT2D eigenvalue weighted by atomic mass is 10.3. The number of furan rings is 1. The van der Waals surface area contributed by atoms with Gasteiger partial charge in [0.2, 0.25) is 0 Å². The van der Waals surface area contributed by atoms with E-state index in [9.17, 15) is 10.1 Å². The molecule has 3 rings (SSSR count). The molecular formula is C18H22ClN5O3S. The molecule has 0 N–H and O–H groups in total. The summed E-state index contributed by atoms with van der Waals surface area (Å²) in [5.41, 5.74) is 1.73. The molecule has 0 aliphatic carbocycles. The average Bonchev–Trinajstić information content (AvgIpc) is 3.28. The van der Waals surface area contributed by atoms with Gasteiger partial charge in [-0.25, -0.2) is 9.66 Å². The maximum absolute atomic E-state index is 10.7. The molecule has 0 amide bonds. The van der Waals surface area contributed by atoms with Crippen LogP contribution in [-0.4, -0.2) is 51.1 Å². The molecule has 0 saturated heterocycles. The third-order valence-electron chi connectivity index (χ3n) is 4.13. The maximum Gasteiger partial charge on any atom is 0.433 e. The fraction of sp³-hybridized carbons (Fsp3) is 0.333. The van der Waals surface area contributed by atoms with Gasteiger partial charge in [-0.05, 0) is 31.3 Å². The van der Waals surface area contributed by atoms with Gasteiger partial charge in [0.1, 0.15) is 4.92 Å². The number of hydrogen-bond donors (Lipinski definition) is 0. The van der Waals surface area contributed by atoms with Crippen molar-refractivity contribution in [2.45, 2.75) is 19.0 Å². The molecule has 28 heavy (non-hydrogen) atoms. The molecule has 0 aliphatic heterocycles. The predicted molar refractivity (Wildman–Crippen MR) is 114 cm³/mol. The Bertz CT molecular complexity index is 952. The number of hydrogen-bond acceptors (Lipinski definition) is 7. The van der Waals surface area contributed by atoms with Crippen molar-refractivity contribution in [1.29, 1.82) is 0 Å². The van der Waals surface area contributed by atoms with Crippen LogP contribution < -0.4 is 0 Å². The Morgan fingerprint density at radius 1 is 1.29 bits per heavy atom. The summed E-state index contributed by atoms with van der Waals surface area (Å²) in [7, 11) is 0. The van der Waals surface area contributed by atoms with Crippen molar-refractivity contribution in [2.75, 3.05) is 25.4 Å². The Morgan fingerprint density at radius 2 is 2.04 bits per heavy atom. The van der Waals surface area contributed by atoms with Gasteiger partial charge in [-0.3, -0.25) is 10.1 Å². The second-order valence-corrected chi connectivity index (χ2v) is 6.81. The van der Waals surface area contributed by atoms with Crippen LogP contribution in [0.2, 0.25) is 0 Å². The first-order valence-corrected chi connectivity index (χ1v) is 9.72. The highest BCUT2D eigenvalue weighted by molar-refractivity contribution is 7.99. The van der Waals surface area contributed by atoms with E-state index in [1.165, 1.54) is 18.3 Å². The third kappa shape index (κ3) is 5.12. The fourth-order valence-electron chi connectivity index (χ4n) is 2.63. The highest BCUT2D eigenvalue weighted by Crippen LogP contribution is 2.24. The standard InChI is InChI=1S/C18H21N5O3S.ClH/c1-3-21(4-2)11-12-27-18-20-15-7-5-6-8-16(15)22(18)19-13-14-9-10-17(26-14)23(24)25;/h5-10,13H,3-4,11-12H2,1-2H3;1H/b19-13-;. The van der Waals surface area contributed by atoms with Gasteiger partial charge in [-0.1, -0.05) is 37.7 Å². The molecule has 2 aromatic heterocycles. The van der Waals surface area contributed by atoms with Crippen LogP contribution in [0.15, 0.2) is 51.1 Å². The van der Waals surface area contributed by atoms with Crippen molar-refractivity contribution in [3.05, 3.63) is 52.3 Å². The van der Waals surface area contributed by atoms with Crippen molar-refractivity contribution in [3.63, 3.8) is 0 Å². The molecule has 0 spiro atoms. The van der Waals surface area contributed by atoms with E-state index in [0.717, 1.165) is 41.6 Å². The molecular weight excluding hydrogens is 402 g/mol. The molecule has 10 heteroatoms. The second-order valence-electron chi connectivity index (χ2n) is 5.75. The molecule has 1 aromatic carbocycles. The van der Waals surface area contributed by atoms with E-state index >= 15 is 0 Å². The number of fused-ring (bicyclic) bond motifs is 1. The van der Waals surface area contributed by atoms with Crippen molar-refractivity contribution >= 4 is 47.3 Å². The van der Waals surface area contributed by atoms with Crippen LogP contribution in [0.25, 0.3) is 11.0 Å². The van der Waals surface area contributed by atoms with Crippen molar-refractivity contribution in [3.8, 4) is 0 Å². The van der Waals surface area contributed by atoms with Crippen LogP contribution in [0.4, 0.5) is 5.88 Å². The van der Waals surface area contributed by atoms with Crippen LogP contribution in [0.1, 0.15) is 19.6 Å². The number of thioether (sulfide) groups is 1. The molecule has 0 aliphatic rings. The molecule has 3 aromatic rings. The van der Waals surface area contributed by atoms with Gasteiger partial charge in [0, 0.05) is 12.3 Å². The molecule has 0 saturated carbocycles. The van der Waals surface area contributed by atoms with E-state index < -0.39 is 4.92 Å². The van der Waals surface area contributed by atoms with E-state index in [1.807, 2.05) is 24.3 Å². The SMILES string of the molecule is CCN(CC)CCSc1nc2ccccc2n1/N=C\c1ccc([N+](=O)[O-])o1.Cl. The molecule has 0 radical (unpaired) electrons. The summed E-state index contributed by atoms with van der Waals surface area (Å²) in [6, 6.07) is 10.6. The first kappa shape index (κ1) is 21.9. The summed E-state index contributed by atoms with van der Waals surface area (Å²) < 4.78 is 6.89. The normalized spacial score (nSPS) is 11.4. The third-order valence-corrected chi connectivity index (χ3v) is 5.04. The Balaban J connectivity index is 0.00000280. The number of para-hydroxylation sites is 2. The van der Waals surface area contributed by atoms with Crippen LogP contribution in [-0.2, 0) is 0 Å². The Morgan fingerprint density at radius 3 is 2.71 bits per heavy atom. The molecule has 8 nitrogen and oxygen atoms in total. The van der Waals surface area contributed by atoms with E-state index in [0.29, 0.717) is 5.76 Å². The monoisotopic (exact) mass is 423 g/mol. The maximum atomic E-state index is 10.7. The van der Waals surface area contributed by atoms with Crippen LogP contribution >= 0.6 is 24.2 Å². The van der Waals surface area contributed by atoms with Crippen LogP contribution in [0, 0.1) is 10.1 Å². The summed E-state index contributed by atoms with van der Waals surface area (Å²) in [4.78, 5) is 17.2. The minimum absolute atomic E-state index is 0. The Hall–Kier alpha value is -2.36. The number of rotatable bonds is 9. The van der Waals surface area contributed by atoms with Crippen LogP contribution in [0.3, 0.4) is 0 Å². The Labute approximate surface area is 173 Å². The zero-order valence-corrected chi connectivity index (χ0v) is 17.3. The highest BCUT2D eigenvalue weighted by Gasteiger charge is 2.13. The van der Waals surface area contributed by atoms with Gasteiger partial charge >= 0.3 is 5.88 Å². The Kier molecular flexibility index (Phi) is 8.04. The van der Waals surface area contributed by atoms with Crippen molar-refractivity contribution < 1.29 is 9.34 Å². The number of benzene rings is 1. The van der Waals surface area contributed by atoms with E-state index in [2.05, 4.69) is 28.8 Å². The zero-order valence-electron chi connectivity index (χ0n) is 15.6. The van der Waals surface area contributed by atoms with E-state index in [1.54, 1.807) is 16.4 Å².